The fourth-order valence-corrected chi connectivity index (χ4v) is 6.26. The van der Waals surface area contributed by atoms with Gasteiger partial charge >= 0.3 is 0 Å². The van der Waals surface area contributed by atoms with Gasteiger partial charge in [-0.05, 0) is 86.6 Å². The van der Waals surface area contributed by atoms with Gasteiger partial charge < -0.3 is 10.1 Å². The van der Waals surface area contributed by atoms with Crippen LogP contribution in [0.2, 0.25) is 0 Å². The Bertz CT molecular complexity index is 1280. The molecule has 0 unspecified atom stereocenters. The molecule has 1 aliphatic carbocycles. The Morgan fingerprint density at radius 2 is 1.77 bits per heavy atom. The van der Waals surface area contributed by atoms with Crippen molar-refractivity contribution in [3.8, 4) is 5.75 Å². The summed E-state index contributed by atoms with van der Waals surface area (Å²) in [7, 11) is -2.48. The van der Waals surface area contributed by atoms with Gasteiger partial charge in [0.25, 0.3) is 21.8 Å². The van der Waals surface area contributed by atoms with E-state index in [0.717, 1.165) is 23.6 Å². The first-order chi connectivity index (χ1) is 16.8. The Labute approximate surface area is 206 Å². The lowest BCUT2D eigenvalue weighted by Crippen LogP contribution is -2.31. The van der Waals surface area contributed by atoms with Crippen molar-refractivity contribution in [2.45, 2.75) is 45.6 Å². The third-order valence-corrected chi connectivity index (χ3v) is 8.38. The molecule has 0 atom stereocenters. The van der Waals surface area contributed by atoms with Crippen molar-refractivity contribution < 1.29 is 22.7 Å². The van der Waals surface area contributed by atoms with Crippen molar-refractivity contribution in [1.82, 2.24) is 9.62 Å². The Balaban J connectivity index is 1.41. The average Bonchev–Trinajstić information content (AvgIpc) is 3.04. The quantitative estimate of drug-likeness (QED) is 0.549. The van der Waals surface area contributed by atoms with E-state index in [1.54, 1.807) is 48.5 Å². The number of ether oxygens (including phenoxy) is 1. The van der Waals surface area contributed by atoms with Gasteiger partial charge in [-0.25, -0.2) is 12.7 Å². The van der Waals surface area contributed by atoms with E-state index in [0.29, 0.717) is 29.0 Å². The molecule has 7 nitrogen and oxygen atoms in total. The maximum absolute atomic E-state index is 13.2. The molecule has 8 heteroatoms. The summed E-state index contributed by atoms with van der Waals surface area (Å²) in [5.74, 6) is -0.118. The van der Waals surface area contributed by atoms with E-state index in [4.69, 9.17) is 4.74 Å². The second-order valence-corrected chi connectivity index (χ2v) is 10.6. The highest BCUT2D eigenvalue weighted by Crippen LogP contribution is 2.37. The van der Waals surface area contributed by atoms with Crippen LogP contribution in [0.4, 0.5) is 0 Å². The molecule has 1 aliphatic heterocycles. The summed E-state index contributed by atoms with van der Waals surface area (Å²) >= 11 is 0. The molecule has 0 radical (unpaired) electrons. The number of nitrogens with zero attached hydrogens (tertiary/aromatic N) is 1. The molecule has 1 heterocycles. The van der Waals surface area contributed by atoms with Crippen LogP contribution in [0, 0.1) is 0 Å². The van der Waals surface area contributed by atoms with E-state index in [1.165, 1.54) is 32.4 Å². The SMILES string of the molecule is COc1ccc(C2=C(C)C(=O)N(Cc3ccc(C(=O)NCCC4=CCCCC4)cc3)S2(=O)=O)cc1. The minimum Gasteiger partial charge on any atom is -0.497 e. The Kier molecular flexibility index (Phi) is 7.40. The first-order valence-corrected chi connectivity index (χ1v) is 13.2. The second kappa shape index (κ2) is 10.5. The van der Waals surface area contributed by atoms with Gasteiger partial charge in [0, 0.05) is 17.7 Å². The van der Waals surface area contributed by atoms with Gasteiger partial charge in [0.2, 0.25) is 0 Å². The van der Waals surface area contributed by atoms with E-state index in [1.807, 2.05) is 0 Å². The number of rotatable bonds is 8. The van der Waals surface area contributed by atoms with Crippen LogP contribution in [-0.2, 0) is 21.4 Å². The number of hydrogen-bond acceptors (Lipinski definition) is 5. The van der Waals surface area contributed by atoms with Crippen LogP contribution in [0.3, 0.4) is 0 Å². The topological polar surface area (TPSA) is 92.8 Å². The Morgan fingerprint density at radius 1 is 1.06 bits per heavy atom. The third-order valence-electron chi connectivity index (χ3n) is 6.45. The molecule has 2 aliphatic rings. The van der Waals surface area contributed by atoms with Crippen molar-refractivity contribution in [2.75, 3.05) is 13.7 Å². The molecule has 0 fully saturated rings. The summed E-state index contributed by atoms with van der Waals surface area (Å²) in [6, 6.07) is 13.3. The summed E-state index contributed by atoms with van der Waals surface area (Å²) in [4.78, 5) is 25.3. The van der Waals surface area contributed by atoms with Crippen molar-refractivity contribution in [2.24, 2.45) is 0 Å². The molecule has 0 saturated heterocycles. The van der Waals surface area contributed by atoms with Gasteiger partial charge in [0.05, 0.1) is 13.7 Å². The van der Waals surface area contributed by atoms with E-state index in [9.17, 15) is 18.0 Å². The largest absolute Gasteiger partial charge is 0.497 e. The first-order valence-electron chi connectivity index (χ1n) is 11.8. The van der Waals surface area contributed by atoms with E-state index in [-0.39, 0.29) is 22.9 Å². The Morgan fingerprint density at radius 3 is 2.40 bits per heavy atom. The highest BCUT2D eigenvalue weighted by molar-refractivity contribution is 7.99. The zero-order valence-electron chi connectivity index (χ0n) is 20.0. The number of carbonyl (C=O) groups excluding carboxylic acids is 2. The smallest absolute Gasteiger partial charge is 0.268 e. The molecular formula is C27H30N2O5S. The monoisotopic (exact) mass is 494 g/mol. The number of amides is 2. The van der Waals surface area contributed by atoms with Gasteiger partial charge in [-0.3, -0.25) is 9.59 Å². The molecule has 35 heavy (non-hydrogen) atoms. The summed E-state index contributed by atoms with van der Waals surface area (Å²) in [5.41, 5.74) is 3.14. The molecule has 0 saturated carbocycles. The maximum Gasteiger partial charge on any atom is 0.268 e. The molecule has 0 aromatic heterocycles. The molecule has 4 rings (SSSR count). The van der Waals surface area contributed by atoms with Crippen molar-refractivity contribution >= 4 is 26.7 Å². The van der Waals surface area contributed by atoms with Gasteiger partial charge in [0.1, 0.15) is 10.7 Å². The summed E-state index contributed by atoms with van der Waals surface area (Å²) in [6.45, 7) is 2.01. The van der Waals surface area contributed by atoms with Gasteiger partial charge in [-0.15, -0.1) is 0 Å². The molecule has 1 N–H and O–H groups in total. The van der Waals surface area contributed by atoms with Crippen LogP contribution in [0.5, 0.6) is 5.75 Å². The normalized spacial score (nSPS) is 17.4. The van der Waals surface area contributed by atoms with Gasteiger partial charge in [-0.1, -0.05) is 23.8 Å². The molecule has 184 valence electrons. The van der Waals surface area contributed by atoms with E-state index >= 15 is 0 Å². The number of allylic oxidation sites excluding steroid dienone is 1. The lowest BCUT2D eigenvalue weighted by Gasteiger charge is -2.17. The second-order valence-electron chi connectivity index (χ2n) is 8.81. The van der Waals surface area contributed by atoms with Crippen LogP contribution in [0.25, 0.3) is 4.91 Å². The summed E-state index contributed by atoms with van der Waals surface area (Å²) < 4.78 is 32.5. The van der Waals surface area contributed by atoms with Crippen molar-refractivity contribution in [3.05, 3.63) is 82.4 Å². The van der Waals surface area contributed by atoms with Crippen LogP contribution >= 0.6 is 0 Å². The van der Waals surface area contributed by atoms with Crippen LogP contribution in [-0.4, -0.2) is 38.2 Å². The molecule has 2 amide bonds. The molecular weight excluding hydrogens is 464 g/mol. The summed E-state index contributed by atoms with van der Waals surface area (Å²) in [6.07, 6.45) is 7.82. The number of hydrogen-bond donors (Lipinski definition) is 1. The van der Waals surface area contributed by atoms with Crippen LogP contribution in [0.15, 0.2) is 65.8 Å². The predicted octanol–water partition coefficient (Wildman–Crippen LogP) is 4.42. The number of sulfonamides is 1. The molecule has 2 aromatic carbocycles. The maximum atomic E-state index is 13.2. The number of carbonyl (C=O) groups is 2. The van der Waals surface area contributed by atoms with Crippen LogP contribution in [0.1, 0.15) is 60.5 Å². The van der Waals surface area contributed by atoms with Gasteiger partial charge in [0.15, 0.2) is 0 Å². The summed E-state index contributed by atoms with van der Waals surface area (Å²) in [5, 5.41) is 2.94. The fraction of sp³-hybridized carbons (Fsp3) is 0.333. The highest BCUT2D eigenvalue weighted by Gasteiger charge is 2.42. The molecule has 2 aromatic rings. The first kappa shape index (κ1) is 24.7. The predicted molar refractivity (Wildman–Crippen MR) is 135 cm³/mol. The lowest BCUT2D eigenvalue weighted by atomic mass is 9.97. The number of nitrogens with one attached hydrogen (secondary N) is 1. The van der Waals surface area contributed by atoms with E-state index < -0.39 is 15.9 Å². The van der Waals surface area contributed by atoms with Crippen molar-refractivity contribution in [3.63, 3.8) is 0 Å². The molecule has 0 spiro atoms. The van der Waals surface area contributed by atoms with Crippen molar-refractivity contribution in [1.29, 1.82) is 0 Å². The Hall–Kier alpha value is -3.39. The minimum atomic E-state index is -4.01. The number of benzene rings is 2. The third kappa shape index (κ3) is 5.32. The minimum absolute atomic E-state index is 0.00855. The molecule has 0 bridgehead atoms. The van der Waals surface area contributed by atoms with Gasteiger partial charge in [-0.2, -0.15) is 0 Å². The van der Waals surface area contributed by atoms with E-state index in [2.05, 4.69) is 11.4 Å². The zero-order chi connectivity index (χ0) is 25.0. The number of methoxy groups -OCH3 is 1. The highest BCUT2D eigenvalue weighted by atomic mass is 32.2. The lowest BCUT2D eigenvalue weighted by molar-refractivity contribution is -0.122. The average molecular weight is 495 g/mol. The zero-order valence-corrected chi connectivity index (χ0v) is 20.9. The fourth-order valence-electron chi connectivity index (χ4n) is 4.46. The standard InChI is InChI=1S/C27H30N2O5S/c1-19-25(22-12-14-24(34-2)15-13-22)35(32,33)29(27(19)31)18-21-8-10-23(11-9-21)26(30)28-17-16-20-6-4-3-5-7-20/h6,8-15H,3-5,7,16-18H2,1-2H3,(H,28,30). The van der Waals surface area contributed by atoms with Crippen LogP contribution < -0.4 is 10.1 Å².